The average molecular weight is 322 g/mol. The van der Waals surface area contributed by atoms with E-state index in [0.29, 0.717) is 6.04 Å². The van der Waals surface area contributed by atoms with Crippen molar-refractivity contribution in [1.29, 1.82) is 0 Å². The van der Waals surface area contributed by atoms with Crippen LogP contribution in [0.25, 0.3) is 4.96 Å². The number of carbonyl (C=O) groups is 1. The van der Waals surface area contributed by atoms with Gasteiger partial charge in [0.2, 0.25) is 0 Å². The predicted molar refractivity (Wildman–Crippen MR) is 86.2 cm³/mol. The molecule has 120 valence electrons. The minimum absolute atomic E-state index is 0.154. The van der Waals surface area contributed by atoms with E-state index in [4.69, 9.17) is 4.74 Å². The van der Waals surface area contributed by atoms with Crippen LogP contribution in [0.2, 0.25) is 0 Å². The summed E-state index contributed by atoms with van der Waals surface area (Å²) in [6.07, 6.45) is 2.63. The molecule has 6 nitrogen and oxygen atoms in total. The molecular formula is C15H22N4O2S. The minimum Gasteiger partial charge on any atom is -0.444 e. The van der Waals surface area contributed by atoms with Crippen LogP contribution in [0.4, 0.5) is 4.79 Å². The summed E-state index contributed by atoms with van der Waals surface area (Å²) in [6, 6.07) is 0.456. The molecule has 2 atom stereocenters. The molecule has 1 saturated carbocycles. The smallest absolute Gasteiger partial charge is 0.407 e. The molecule has 3 rings (SSSR count). The van der Waals surface area contributed by atoms with Crippen LogP contribution in [0.1, 0.15) is 38.6 Å². The minimum atomic E-state index is -0.457. The van der Waals surface area contributed by atoms with Crippen LogP contribution in [-0.2, 0) is 11.3 Å². The highest BCUT2D eigenvalue weighted by Gasteiger charge is 2.39. The van der Waals surface area contributed by atoms with Gasteiger partial charge in [0, 0.05) is 30.2 Å². The molecule has 7 heteroatoms. The fraction of sp³-hybridized carbons (Fsp3) is 0.600. The summed E-state index contributed by atoms with van der Waals surface area (Å²) >= 11 is 1.64. The third kappa shape index (κ3) is 3.41. The number of carbonyl (C=O) groups excluding carboxylic acids is 1. The molecule has 22 heavy (non-hydrogen) atoms. The number of ether oxygens (including phenoxy) is 1. The van der Waals surface area contributed by atoms with Crippen LogP contribution in [0.15, 0.2) is 11.6 Å². The summed E-state index contributed by atoms with van der Waals surface area (Å²) in [6.45, 7) is 8.37. The number of aryl methyl sites for hydroxylation is 1. The van der Waals surface area contributed by atoms with Crippen molar-refractivity contribution < 1.29 is 9.53 Å². The monoisotopic (exact) mass is 322 g/mol. The van der Waals surface area contributed by atoms with Gasteiger partial charge in [0.05, 0.1) is 11.4 Å². The molecule has 2 aromatic heterocycles. The number of imidazole rings is 1. The number of nitrogens with zero attached hydrogens (tertiary/aromatic N) is 2. The summed E-state index contributed by atoms with van der Waals surface area (Å²) in [5.41, 5.74) is 1.78. The first-order valence-electron chi connectivity index (χ1n) is 7.47. The van der Waals surface area contributed by atoms with Crippen LogP contribution in [-0.4, -0.2) is 33.2 Å². The predicted octanol–water partition coefficient (Wildman–Crippen LogP) is 2.46. The van der Waals surface area contributed by atoms with E-state index in [9.17, 15) is 4.79 Å². The molecule has 1 aliphatic rings. The second kappa shape index (κ2) is 5.55. The molecule has 0 aliphatic heterocycles. The van der Waals surface area contributed by atoms with Gasteiger partial charge in [0.1, 0.15) is 5.60 Å². The van der Waals surface area contributed by atoms with Crippen molar-refractivity contribution in [2.75, 3.05) is 0 Å². The molecule has 0 saturated heterocycles. The van der Waals surface area contributed by atoms with Crippen LogP contribution in [0.3, 0.4) is 0 Å². The first-order valence-corrected chi connectivity index (χ1v) is 8.35. The first kappa shape index (κ1) is 15.3. The van der Waals surface area contributed by atoms with Gasteiger partial charge in [-0.05, 0) is 34.1 Å². The molecular weight excluding hydrogens is 300 g/mol. The molecule has 1 fully saturated rings. The van der Waals surface area contributed by atoms with Crippen molar-refractivity contribution in [1.82, 2.24) is 20.0 Å². The van der Waals surface area contributed by atoms with Gasteiger partial charge >= 0.3 is 6.09 Å². The number of thiazole rings is 1. The largest absolute Gasteiger partial charge is 0.444 e. The normalized spacial score (nSPS) is 21.1. The maximum Gasteiger partial charge on any atom is 0.407 e. The summed E-state index contributed by atoms with van der Waals surface area (Å²) in [4.78, 5) is 17.3. The third-order valence-electron chi connectivity index (χ3n) is 3.59. The highest BCUT2D eigenvalue weighted by atomic mass is 32.1. The Bertz CT molecular complexity index is 685. The molecule has 2 heterocycles. The van der Waals surface area contributed by atoms with E-state index < -0.39 is 5.60 Å². The standard InChI is InChI=1S/C15H22N4O2S/c1-9-12(19-5-6-22-13(19)17-9)8-16-10-7-11(10)18-14(20)21-15(2,3)4/h5-6,10-11,16H,7-8H2,1-4H3,(H,18,20). The van der Waals surface area contributed by atoms with Gasteiger partial charge < -0.3 is 15.4 Å². The number of hydrogen-bond acceptors (Lipinski definition) is 5. The third-order valence-corrected chi connectivity index (χ3v) is 4.34. The average Bonchev–Trinajstić information content (AvgIpc) is 2.81. The molecule has 0 radical (unpaired) electrons. The number of hydrogen-bond donors (Lipinski definition) is 2. The van der Waals surface area contributed by atoms with Crippen molar-refractivity contribution in [3.63, 3.8) is 0 Å². The highest BCUT2D eigenvalue weighted by molar-refractivity contribution is 7.15. The Kier molecular flexibility index (Phi) is 3.86. The SMILES string of the molecule is Cc1nc2sccn2c1CNC1CC1NC(=O)OC(C)(C)C. The lowest BCUT2D eigenvalue weighted by atomic mass is 10.2. The van der Waals surface area contributed by atoms with Gasteiger partial charge in [-0.25, -0.2) is 9.78 Å². The van der Waals surface area contributed by atoms with Crippen LogP contribution >= 0.6 is 11.3 Å². The topological polar surface area (TPSA) is 67.7 Å². The molecule has 0 spiro atoms. The molecule has 1 amide bonds. The maximum absolute atomic E-state index is 11.7. The Labute approximate surface area is 133 Å². The summed E-state index contributed by atoms with van der Waals surface area (Å²) in [5, 5.41) is 8.40. The quantitative estimate of drug-likeness (QED) is 0.907. The van der Waals surface area contributed by atoms with Gasteiger partial charge in [-0.1, -0.05) is 0 Å². The number of fused-ring (bicyclic) bond motifs is 1. The maximum atomic E-state index is 11.7. The number of rotatable bonds is 4. The number of nitrogens with one attached hydrogen (secondary N) is 2. The Morgan fingerprint density at radius 1 is 1.50 bits per heavy atom. The number of alkyl carbamates (subject to hydrolysis) is 1. The molecule has 1 aliphatic carbocycles. The zero-order valence-electron chi connectivity index (χ0n) is 13.3. The van der Waals surface area contributed by atoms with Crippen molar-refractivity contribution in [3.8, 4) is 0 Å². The second-order valence-corrected chi connectivity index (χ2v) is 7.55. The number of aromatic nitrogens is 2. The van der Waals surface area contributed by atoms with E-state index in [1.54, 1.807) is 11.3 Å². The van der Waals surface area contributed by atoms with Gasteiger partial charge in [-0.15, -0.1) is 11.3 Å². The van der Waals surface area contributed by atoms with E-state index in [0.717, 1.165) is 23.6 Å². The highest BCUT2D eigenvalue weighted by Crippen LogP contribution is 2.23. The van der Waals surface area contributed by atoms with Crippen LogP contribution in [0, 0.1) is 6.92 Å². The zero-order chi connectivity index (χ0) is 15.9. The van der Waals surface area contributed by atoms with Crippen molar-refractivity contribution in [2.24, 2.45) is 0 Å². The number of amides is 1. The van der Waals surface area contributed by atoms with Gasteiger partial charge in [0.25, 0.3) is 0 Å². The van der Waals surface area contributed by atoms with Gasteiger partial charge in [-0.2, -0.15) is 0 Å². The lowest BCUT2D eigenvalue weighted by Crippen LogP contribution is -2.36. The summed E-state index contributed by atoms with van der Waals surface area (Å²) < 4.78 is 7.38. The molecule has 2 aromatic rings. The fourth-order valence-corrected chi connectivity index (χ4v) is 3.20. The molecule has 2 unspecified atom stereocenters. The summed E-state index contributed by atoms with van der Waals surface area (Å²) in [7, 11) is 0. The van der Waals surface area contributed by atoms with Crippen molar-refractivity contribution in [3.05, 3.63) is 23.0 Å². The van der Waals surface area contributed by atoms with Crippen LogP contribution < -0.4 is 10.6 Å². The first-order chi connectivity index (χ1) is 10.3. The second-order valence-electron chi connectivity index (χ2n) is 6.68. The van der Waals surface area contributed by atoms with Gasteiger partial charge in [-0.3, -0.25) is 4.40 Å². The van der Waals surface area contributed by atoms with E-state index >= 15 is 0 Å². The molecule has 0 bridgehead atoms. The molecule has 0 aromatic carbocycles. The van der Waals surface area contributed by atoms with E-state index in [2.05, 4.69) is 20.0 Å². The Balaban J connectivity index is 1.49. The van der Waals surface area contributed by atoms with Crippen LogP contribution in [0.5, 0.6) is 0 Å². The van der Waals surface area contributed by atoms with E-state index in [1.165, 1.54) is 5.69 Å². The Morgan fingerprint density at radius 2 is 2.27 bits per heavy atom. The Morgan fingerprint density at radius 3 is 3.00 bits per heavy atom. The van der Waals surface area contributed by atoms with E-state index in [-0.39, 0.29) is 12.1 Å². The van der Waals surface area contributed by atoms with Gasteiger partial charge in [0.15, 0.2) is 4.96 Å². The summed E-state index contributed by atoms with van der Waals surface area (Å²) in [5.74, 6) is 0. The lowest BCUT2D eigenvalue weighted by molar-refractivity contribution is 0.0522. The van der Waals surface area contributed by atoms with Crippen molar-refractivity contribution in [2.45, 2.75) is 58.3 Å². The fourth-order valence-electron chi connectivity index (χ4n) is 2.42. The lowest BCUT2D eigenvalue weighted by Gasteiger charge is -2.19. The van der Waals surface area contributed by atoms with Crippen molar-refractivity contribution >= 4 is 22.4 Å². The zero-order valence-corrected chi connectivity index (χ0v) is 14.2. The Hall–Kier alpha value is -1.60. The van der Waals surface area contributed by atoms with E-state index in [1.807, 2.05) is 39.3 Å². The molecule has 2 N–H and O–H groups in total.